The van der Waals surface area contributed by atoms with Crippen LogP contribution in [0.5, 0.6) is 0 Å². The average Bonchev–Trinajstić information content (AvgIpc) is 2.34. The number of nitrogens with one attached hydrogen (secondary N) is 1. The molecule has 1 N–H and O–H groups in total. The highest BCUT2D eigenvalue weighted by molar-refractivity contribution is 6.03. The zero-order chi connectivity index (χ0) is 6.97. The molecule has 1 aromatic rings. The van der Waals surface area contributed by atoms with E-state index in [1.54, 1.807) is 0 Å². The van der Waals surface area contributed by atoms with Gasteiger partial charge in [-0.3, -0.25) is 5.41 Å². The van der Waals surface area contributed by atoms with Gasteiger partial charge in [0.1, 0.15) is 0 Å². The molecule has 3 heteroatoms. The SMILES string of the molecule is N=C1N=Nc2ccccc21. The van der Waals surface area contributed by atoms with Gasteiger partial charge in [0.25, 0.3) is 0 Å². The van der Waals surface area contributed by atoms with Gasteiger partial charge in [0.15, 0.2) is 5.84 Å². The number of amidine groups is 1. The van der Waals surface area contributed by atoms with Crippen molar-refractivity contribution < 1.29 is 0 Å². The van der Waals surface area contributed by atoms with E-state index >= 15 is 0 Å². The molecule has 0 aromatic heterocycles. The van der Waals surface area contributed by atoms with Gasteiger partial charge in [-0.25, -0.2) is 0 Å². The first-order valence-corrected chi connectivity index (χ1v) is 2.97. The van der Waals surface area contributed by atoms with Crippen LogP contribution in [0.15, 0.2) is 34.5 Å². The molecule has 0 amide bonds. The maximum absolute atomic E-state index is 7.27. The Morgan fingerprint density at radius 2 is 1.90 bits per heavy atom. The van der Waals surface area contributed by atoms with Crippen molar-refractivity contribution in [2.24, 2.45) is 10.2 Å². The molecule has 48 valence electrons. The number of hydrogen-bond acceptors (Lipinski definition) is 2. The molecule has 1 aliphatic rings. The van der Waals surface area contributed by atoms with E-state index in [0.717, 1.165) is 11.3 Å². The summed E-state index contributed by atoms with van der Waals surface area (Å²) in [5.74, 6) is 0.260. The summed E-state index contributed by atoms with van der Waals surface area (Å²) in [7, 11) is 0. The molecule has 0 bridgehead atoms. The lowest BCUT2D eigenvalue weighted by Crippen LogP contribution is -1.86. The third-order valence-electron chi connectivity index (χ3n) is 1.42. The number of hydrogen-bond donors (Lipinski definition) is 1. The number of fused-ring (bicyclic) bond motifs is 1. The van der Waals surface area contributed by atoms with E-state index in [1.165, 1.54) is 0 Å². The quantitative estimate of drug-likeness (QED) is 0.560. The standard InChI is InChI=1S/C7H5N3/c8-7-5-3-1-2-4-6(5)9-10-7/h1-4,8H. The maximum Gasteiger partial charge on any atom is 0.176 e. The lowest BCUT2D eigenvalue weighted by Gasteiger charge is -1.89. The van der Waals surface area contributed by atoms with Crippen LogP contribution in [0.25, 0.3) is 0 Å². The summed E-state index contributed by atoms with van der Waals surface area (Å²) in [4.78, 5) is 0. The molecule has 0 aliphatic carbocycles. The Hall–Kier alpha value is -1.51. The lowest BCUT2D eigenvalue weighted by molar-refractivity contribution is 1.31. The molecule has 10 heavy (non-hydrogen) atoms. The zero-order valence-electron chi connectivity index (χ0n) is 5.20. The van der Waals surface area contributed by atoms with Crippen molar-refractivity contribution in [3.63, 3.8) is 0 Å². The summed E-state index contributed by atoms with van der Waals surface area (Å²) < 4.78 is 0. The molecular weight excluding hydrogens is 126 g/mol. The van der Waals surface area contributed by atoms with Gasteiger partial charge in [0.05, 0.1) is 5.69 Å². The fourth-order valence-electron chi connectivity index (χ4n) is 0.919. The Kier molecular flexibility index (Phi) is 0.917. The van der Waals surface area contributed by atoms with Gasteiger partial charge < -0.3 is 0 Å². The van der Waals surface area contributed by atoms with Crippen LogP contribution in [0.1, 0.15) is 5.56 Å². The van der Waals surface area contributed by atoms with Crippen LogP contribution in [-0.4, -0.2) is 5.84 Å². The number of azo groups is 1. The third kappa shape index (κ3) is 0.572. The van der Waals surface area contributed by atoms with E-state index in [0.29, 0.717) is 0 Å². The first-order valence-electron chi connectivity index (χ1n) is 2.97. The molecule has 0 unspecified atom stereocenters. The van der Waals surface area contributed by atoms with Crippen LogP contribution < -0.4 is 0 Å². The second-order valence-corrected chi connectivity index (χ2v) is 2.07. The van der Waals surface area contributed by atoms with Crippen molar-refractivity contribution in [2.75, 3.05) is 0 Å². The smallest absolute Gasteiger partial charge is 0.176 e. The molecular formula is C7H5N3. The third-order valence-corrected chi connectivity index (χ3v) is 1.42. The van der Waals surface area contributed by atoms with Crippen molar-refractivity contribution >= 4 is 11.5 Å². The second-order valence-electron chi connectivity index (χ2n) is 2.07. The number of rotatable bonds is 0. The summed E-state index contributed by atoms with van der Waals surface area (Å²) in [6.07, 6.45) is 0. The first-order chi connectivity index (χ1) is 4.88. The highest BCUT2D eigenvalue weighted by Crippen LogP contribution is 2.25. The summed E-state index contributed by atoms with van der Waals surface area (Å²) in [5, 5.41) is 14.7. The summed E-state index contributed by atoms with van der Waals surface area (Å²) >= 11 is 0. The van der Waals surface area contributed by atoms with Crippen LogP contribution in [0.4, 0.5) is 5.69 Å². The predicted molar refractivity (Wildman–Crippen MR) is 37.8 cm³/mol. The molecule has 1 aromatic carbocycles. The topological polar surface area (TPSA) is 48.6 Å². The Balaban J connectivity index is 2.70. The summed E-state index contributed by atoms with van der Waals surface area (Å²) in [5.41, 5.74) is 1.62. The summed E-state index contributed by atoms with van der Waals surface area (Å²) in [6.45, 7) is 0. The number of benzene rings is 1. The molecule has 2 rings (SSSR count). The molecule has 1 aliphatic heterocycles. The number of nitrogens with zero attached hydrogens (tertiary/aromatic N) is 2. The fraction of sp³-hybridized carbons (Fsp3) is 0. The van der Waals surface area contributed by atoms with Gasteiger partial charge >= 0.3 is 0 Å². The van der Waals surface area contributed by atoms with Crippen molar-refractivity contribution in [1.29, 1.82) is 5.41 Å². The van der Waals surface area contributed by atoms with Gasteiger partial charge in [-0.2, -0.15) is 0 Å². The van der Waals surface area contributed by atoms with E-state index in [1.807, 2.05) is 24.3 Å². The molecule has 1 heterocycles. The van der Waals surface area contributed by atoms with E-state index < -0.39 is 0 Å². The van der Waals surface area contributed by atoms with E-state index in [2.05, 4.69) is 10.2 Å². The van der Waals surface area contributed by atoms with Crippen molar-refractivity contribution in [3.05, 3.63) is 29.8 Å². The fourth-order valence-corrected chi connectivity index (χ4v) is 0.919. The van der Waals surface area contributed by atoms with E-state index in [-0.39, 0.29) is 5.84 Å². The Morgan fingerprint density at radius 1 is 1.10 bits per heavy atom. The Bertz CT molecular complexity index is 314. The van der Waals surface area contributed by atoms with Gasteiger partial charge in [0.2, 0.25) is 0 Å². The molecule has 0 radical (unpaired) electrons. The highest BCUT2D eigenvalue weighted by atomic mass is 15.2. The minimum absolute atomic E-state index is 0.260. The molecule has 3 nitrogen and oxygen atoms in total. The first kappa shape index (κ1) is 5.29. The van der Waals surface area contributed by atoms with Crippen molar-refractivity contribution in [3.8, 4) is 0 Å². The van der Waals surface area contributed by atoms with Crippen LogP contribution >= 0.6 is 0 Å². The summed E-state index contributed by atoms with van der Waals surface area (Å²) in [6, 6.07) is 7.46. The predicted octanol–water partition coefficient (Wildman–Crippen LogP) is 2.11. The van der Waals surface area contributed by atoms with E-state index in [9.17, 15) is 0 Å². The van der Waals surface area contributed by atoms with Gasteiger partial charge in [0, 0.05) is 5.56 Å². The molecule has 0 fully saturated rings. The average molecular weight is 131 g/mol. The monoisotopic (exact) mass is 131 g/mol. The van der Waals surface area contributed by atoms with Gasteiger partial charge in [-0.05, 0) is 12.1 Å². The van der Waals surface area contributed by atoms with Crippen LogP contribution in [0.2, 0.25) is 0 Å². The van der Waals surface area contributed by atoms with Gasteiger partial charge in [-0.15, -0.1) is 10.2 Å². The highest BCUT2D eigenvalue weighted by Gasteiger charge is 2.10. The van der Waals surface area contributed by atoms with Crippen LogP contribution in [-0.2, 0) is 0 Å². The second kappa shape index (κ2) is 1.73. The molecule has 0 saturated carbocycles. The molecule has 0 saturated heterocycles. The Morgan fingerprint density at radius 3 is 2.70 bits per heavy atom. The minimum atomic E-state index is 0.260. The lowest BCUT2D eigenvalue weighted by atomic mass is 10.2. The minimum Gasteiger partial charge on any atom is -0.281 e. The van der Waals surface area contributed by atoms with Crippen molar-refractivity contribution in [1.82, 2.24) is 0 Å². The van der Waals surface area contributed by atoms with E-state index in [4.69, 9.17) is 5.41 Å². The maximum atomic E-state index is 7.27. The molecule has 0 atom stereocenters. The van der Waals surface area contributed by atoms with Crippen LogP contribution in [0, 0.1) is 5.41 Å². The zero-order valence-corrected chi connectivity index (χ0v) is 5.20. The Labute approximate surface area is 57.9 Å². The molecule has 0 spiro atoms. The van der Waals surface area contributed by atoms with Crippen LogP contribution in [0.3, 0.4) is 0 Å². The van der Waals surface area contributed by atoms with Gasteiger partial charge in [-0.1, -0.05) is 12.1 Å². The normalized spacial score (nSPS) is 13.8. The largest absolute Gasteiger partial charge is 0.281 e. The van der Waals surface area contributed by atoms with Crippen molar-refractivity contribution in [2.45, 2.75) is 0 Å².